The van der Waals surface area contributed by atoms with Gasteiger partial charge in [0, 0.05) is 36.9 Å². The number of nitrogens with zero attached hydrogens (tertiary/aromatic N) is 2. The number of rotatable bonds is 8. The van der Waals surface area contributed by atoms with Crippen LogP contribution in [0, 0.1) is 19.7 Å². The van der Waals surface area contributed by atoms with Crippen molar-refractivity contribution in [3.05, 3.63) is 53.1 Å². The van der Waals surface area contributed by atoms with E-state index in [0.717, 1.165) is 22.6 Å². The maximum absolute atomic E-state index is 13.1. The molecule has 6 heteroatoms. The van der Waals surface area contributed by atoms with Crippen LogP contribution in [0.25, 0.3) is 0 Å². The quantitative estimate of drug-likeness (QED) is 0.674. The van der Waals surface area contributed by atoms with Crippen LogP contribution in [0.3, 0.4) is 0 Å². The molecule has 5 nitrogen and oxygen atoms in total. The first kappa shape index (κ1) is 19.7. The van der Waals surface area contributed by atoms with Crippen molar-refractivity contribution in [3.8, 4) is 11.5 Å². The third-order valence-electron chi connectivity index (χ3n) is 4.16. The number of halogens is 1. The lowest BCUT2D eigenvalue weighted by atomic mass is 10.1. The van der Waals surface area contributed by atoms with Crippen LogP contribution in [0.15, 0.2) is 30.5 Å². The van der Waals surface area contributed by atoms with Gasteiger partial charge >= 0.3 is 0 Å². The van der Waals surface area contributed by atoms with Crippen LogP contribution in [0.5, 0.6) is 11.5 Å². The average Bonchev–Trinajstić information content (AvgIpc) is 2.61. The fourth-order valence-electron chi connectivity index (χ4n) is 2.70. The maximum Gasteiger partial charge on any atom is 0.222 e. The van der Waals surface area contributed by atoms with Gasteiger partial charge in [0.1, 0.15) is 17.3 Å². The SMILES string of the molecule is COc1c(C)cnc(CN(C)C(=O)CCCOc2cccc(F)c2)c1C. The lowest BCUT2D eigenvalue weighted by molar-refractivity contribution is -0.130. The van der Waals surface area contributed by atoms with Crippen LogP contribution in [0.4, 0.5) is 4.39 Å². The summed E-state index contributed by atoms with van der Waals surface area (Å²) < 4.78 is 23.9. The van der Waals surface area contributed by atoms with Crippen molar-refractivity contribution in [1.29, 1.82) is 0 Å². The van der Waals surface area contributed by atoms with Crippen molar-refractivity contribution < 1.29 is 18.7 Å². The van der Waals surface area contributed by atoms with Gasteiger partial charge in [-0.25, -0.2) is 4.39 Å². The molecule has 1 heterocycles. The first-order valence-corrected chi connectivity index (χ1v) is 8.53. The molecule has 0 saturated heterocycles. The predicted molar refractivity (Wildman–Crippen MR) is 97.9 cm³/mol. The minimum atomic E-state index is -0.338. The Morgan fingerprint density at radius 2 is 2.08 bits per heavy atom. The number of ether oxygens (including phenoxy) is 2. The van der Waals surface area contributed by atoms with E-state index < -0.39 is 0 Å². The van der Waals surface area contributed by atoms with Crippen LogP contribution < -0.4 is 9.47 Å². The Kier molecular flexibility index (Phi) is 6.95. The molecule has 1 aromatic carbocycles. The third-order valence-corrected chi connectivity index (χ3v) is 4.16. The predicted octanol–water partition coefficient (Wildman–Crippen LogP) is 3.66. The molecule has 0 radical (unpaired) electrons. The molecule has 0 N–H and O–H groups in total. The summed E-state index contributed by atoms with van der Waals surface area (Å²) >= 11 is 0. The topological polar surface area (TPSA) is 51.7 Å². The van der Waals surface area contributed by atoms with Gasteiger partial charge in [-0.2, -0.15) is 0 Å². The molecule has 1 amide bonds. The number of carbonyl (C=O) groups is 1. The number of pyridine rings is 1. The molecular formula is C20H25FN2O3. The van der Waals surface area contributed by atoms with Crippen molar-refractivity contribution >= 4 is 5.91 Å². The van der Waals surface area contributed by atoms with Crippen molar-refractivity contribution in [2.24, 2.45) is 0 Å². The van der Waals surface area contributed by atoms with Crippen molar-refractivity contribution in [2.75, 3.05) is 20.8 Å². The van der Waals surface area contributed by atoms with Crippen molar-refractivity contribution in [3.63, 3.8) is 0 Å². The van der Waals surface area contributed by atoms with Gasteiger partial charge in [-0.3, -0.25) is 9.78 Å². The molecule has 0 aliphatic rings. The van der Waals surface area contributed by atoms with Gasteiger partial charge in [-0.1, -0.05) is 6.07 Å². The average molecular weight is 360 g/mol. The molecule has 2 rings (SSSR count). The highest BCUT2D eigenvalue weighted by Gasteiger charge is 2.14. The Morgan fingerprint density at radius 3 is 2.77 bits per heavy atom. The van der Waals surface area contributed by atoms with E-state index in [-0.39, 0.29) is 11.7 Å². The summed E-state index contributed by atoms with van der Waals surface area (Å²) in [6.45, 7) is 4.67. The third kappa shape index (κ3) is 5.18. The van der Waals surface area contributed by atoms with Crippen LogP contribution in [0.2, 0.25) is 0 Å². The van der Waals surface area contributed by atoms with Crippen molar-refractivity contribution in [2.45, 2.75) is 33.2 Å². The second-order valence-corrected chi connectivity index (χ2v) is 6.21. The number of benzene rings is 1. The van der Waals surface area contributed by atoms with Crippen LogP contribution in [-0.4, -0.2) is 36.6 Å². The molecule has 0 saturated carbocycles. The van der Waals surface area contributed by atoms with E-state index >= 15 is 0 Å². The smallest absolute Gasteiger partial charge is 0.222 e. The molecule has 0 bridgehead atoms. The zero-order valence-corrected chi connectivity index (χ0v) is 15.7. The highest BCUT2D eigenvalue weighted by atomic mass is 19.1. The van der Waals surface area contributed by atoms with E-state index in [4.69, 9.17) is 9.47 Å². The monoisotopic (exact) mass is 360 g/mol. The molecule has 0 fully saturated rings. The normalized spacial score (nSPS) is 10.5. The lowest BCUT2D eigenvalue weighted by Gasteiger charge is -2.19. The number of methoxy groups -OCH3 is 1. The Bertz CT molecular complexity index is 765. The molecule has 0 aliphatic heterocycles. The number of aromatic nitrogens is 1. The summed E-state index contributed by atoms with van der Waals surface area (Å²) in [6.07, 6.45) is 2.67. The highest BCUT2D eigenvalue weighted by molar-refractivity contribution is 5.75. The highest BCUT2D eigenvalue weighted by Crippen LogP contribution is 2.24. The molecule has 0 spiro atoms. The van der Waals surface area contributed by atoms with Crippen LogP contribution in [0.1, 0.15) is 29.7 Å². The number of hydrogen-bond acceptors (Lipinski definition) is 4. The van der Waals surface area contributed by atoms with E-state index in [1.807, 2.05) is 13.8 Å². The number of hydrogen-bond donors (Lipinski definition) is 0. The molecule has 1 aromatic heterocycles. The fourth-order valence-corrected chi connectivity index (χ4v) is 2.70. The minimum absolute atomic E-state index is 0.00795. The zero-order valence-electron chi connectivity index (χ0n) is 15.7. The Labute approximate surface area is 153 Å². The van der Waals surface area contributed by atoms with E-state index in [1.54, 1.807) is 37.4 Å². The number of amides is 1. The van der Waals surface area contributed by atoms with Crippen molar-refractivity contribution in [1.82, 2.24) is 9.88 Å². The largest absolute Gasteiger partial charge is 0.496 e. The zero-order chi connectivity index (χ0) is 19.1. The second-order valence-electron chi connectivity index (χ2n) is 6.21. The molecule has 0 unspecified atom stereocenters. The van der Waals surface area contributed by atoms with Gasteiger partial charge in [-0.15, -0.1) is 0 Å². The summed E-state index contributed by atoms with van der Waals surface area (Å²) in [6, 6.07) is 5.97. The first-order chi connectivity index (χ1) is 12.4. The van der Waals surface area contributed by atoms with E-state index in [2.05, 4.69) is 4.98 Å². The molecule has 140 valence electrons. The number of aryl methyl sites for hydroxylation is 1. The molecule has 0 atom stereocenters. The summed E-state index contributed by atoms with van der Waals surface area (Å²) in [5.41, 5.74) is 2.73. The van der Waals surface area contributed by atoms with Gasteiger partial charge in [-0.05, 0) is 32.4 Å². The van der Waals surface area contributed by atoms with Gasteiger partial charge in [0.05, 0.1) is 26.0 Å². The van der Waals surface area contributed by atoms with E-state index in [0.29, 0.717) is 31.7 Å². The molecular weight excluding hydrogens is 335 g/mol. The number of carbonyl (C=O) groups excluding carboxylic acids is 1. The lowest BCUT2D eigenvalue weighted by Crippen LogP contribution is -2.27. The van der Waals surface area contributed by atoms with E-state index in [9.17, 15) is 9.18 Å². The van der Waals surface area contributed by atoms with Gasteiger partial charge in [0.15, 0.2) is 0 Å². The summed E-state index contributed by atoms with van der Waals surface area (Å²) in [4.78, 5) is 18.4. The second kappa shape index (κ2) is 9.17. The van der Waals surface area contributed by atoms with Crippen LogP contribution >= 0.6 is 0 Å². The first-order valence-electron chi connectivity index (χ1n) is 8.53. The summed E-state index contributed by atoms with van der Waals surface area (Å²) in [7, 11) is 3.38. The van der Waals surface area contributed by atoms with Gasteiger partial charge < -0.3 is 14.4 Å². The Hall–Kier alpha value is -2.63. The van der Waals surface area contributed by atoms with Gasteiger partial charge in [0.2, 0.25) is 5.91 Å². The Morgan fingerprint density at radius 1 is 1.31 bits per heavy atom. The minimum Gasteiger partial charge on any atom is -0.496 e. The molecule has 26 heavy (non-hydrogen) atoms. The summed E-state index contributed by atoms with van der Waals surface area (Å²) in [5, 5.41) is 0. The standard InChI is InChI=1S/C20H25FN2O3/c1-14-12-22-18(15(2)20(14)25-4)13-23(3)19(24)9-6-10-26-17-8-5-7-16(21)11-17/h5,7-8,11-12H,6,9-10,13H2,1-4H3. The summed E-state index contributed by atoms with van der Waals surface area (Å²) in [5.74, 6) is 0.944. The Balaban J connectivity index is 1.82. The van der Waals surface area contributed by atoms with Crippen LogP contribution in [-0.2, 0) is 11.3 Å². The maximum atomic E-state index is 13.1. The molecule has 0 aliphatic carbocycles. The van der Waals surface area contributed by atoms with E-state index in [1.165, 1.54) is 12.1 Å². The molecule has 2 aromatic rings. The fraction of sp³-hybridized carbons (Fsp3) is 0.400. The van der Waals surface area contributed by atoms with Gasteiger partial charge in [0.25, 0.3) is 0 Å².